The topological polar surface area (TPSA) is 458 Å². The molecule has 0 aliphatic carbocycles. The van der Waals surface area contributed by atoms with Crippen LogP contribution in [0, 0.1) is 5.41 Å². The number of carbonyl (C=O) groups is 11. The highest BCUT2D eigenvalue weighted by Crippen LogP contribution is 2.43. The van der Waals surface area contributed by atoms with Crippen molar-refractivity contribution < 1.29 is 104 Å². The van der Waals surface area contributed by atoms with Crippen molar-refractivity contribution in [2.45, 2.75) is 242 Å². The van der Waals surface area contributed by atoms with Crippen LogP contribution in [0.1, 0.15) is 156 Å². The molecule has 36 heteroatoms. The number of carbonyl (C=O) groups excluding carboxylic acids is 10. The van der Waals surface area contributed by atoms with Gasteiger partial charge in [-0.2, -0.15) is 0 Å². The summed E-state index contributed by atoms with van der Waals surface area (Å²) in [5, 5.41) is 43.1. The van der Waals surface area contributed by atoms with E-state index in [-0.39, 0.29) is 89.1 Å². The first kappa shape index (κ1) is 116. The Morgan fingerprint density at radius 2 is 0.842 bits per heavy atom. The van der Waals surface area contributed by atoms with Gasteiger partial charge in [-0.1, -0.05) is 293 Å². The molecule has 13 N–H and O–H groups in total. The van der Waals surface area contributed by atoms with E-state index in [0.717, 1.165) is 27.8 Å². The van der Waals surface area contributed by atoms with Crippen molar-refractivity contribution in [1.82, 2.24) is 47.9 Å². The number of amides is 7. The highest BCUT2D eigenvalue weighted by molar-refractivity contribution is 6.75. The van der Waals surface area contributed by atoms with E-state index >= 15 is 19.2 Å². The molecular formula is C110H143N11O22Si3. The van der Waals surface area contributed by atoms with E-state index in [4.69, 9.17) is 52.2 Å². The highest BCUT2D eigenvalue weighted by atomic mass is 28.4. The van der Waals surface area contributed by atoms with Gasteiger partial charge in [0.15, 0.2) is 54.6 Å². The lowest BCUT2D eigenvalue weighted by atomic mass is 9.77. The SMILES string of the molecule is COc1ccc(C(NC(=N)NCCC[C@H](NC(=O)CNC(=O)[C@@H](COC(=O)[C@@H](N)[C@H](O[Si](C)(C)C(C)(C)C)C(=O)OCc2ccccc2)NC(=O)C[C@@H](O[Si](C)(C)C(C)(C)C)[C@H](CCCCNC(=O)c2cccc(OCc3ccccc3)c2OCc2ccccc2)NC(=O)OCc2ccccc2)C(=O)N[C@H](C(=O)NCC(=O)O)C(O[Si](C)(C)C(C)(C)C)C(=O)OCc2ccccc2)(c2ccccc2)c2ccccc2)cc1. The minimum absolute atomic E-state index is 0.0624. The Morgan fingerprint density at radius 3 is 1.34 bits per heavy atom. The zero-order chi connectivity index (χ0) is 106. The van der Waals surface area contributed by atoms with Crippen LogP contribution < -0.4 is 67.8 Å². The van der Waals surface area contributed by atoms with Crippen molar-refractivity contribution in [1.29, 1.82) is 5.41 Å². The summed E-state index contributed by atoms with van der Waals surface area (Å²) in [5.41, 5.74) is 11.5. The molecule has 0 radical (unpaired) electrons. The number of aliphatic carboxylic acids is 1. The average Bonchev–Trinajstić information content (AvgIpc) is 0.748. The van der Waals surface area contributed by atoms with Crippen LogP contribution in [0.15, 0.2) is 255 Å². The Kier molecular flexibility index (Phi) is 43.5. The van der Waals surface area contributed by atoms with Crippen molar-refractivity contribution in [3.05, 3.63) is 305 Å². The molecule has 0 saturated carbocycles. The molecule has 7 amide bonds. The minimum atomic E-state index is -3.23. The number of nitrogens with two attached hydrogens (primary N) is 1. The Balaban J connectivity index is 1.05. The Hall–Kier alpha value is -13.9. The number of para-hydroxylation sites is 1. The number of hydrogen-bond acceptors (Lipinski definition) is 23. The molecule has 8 atom stereocenters. The second kappa shape index (κ2) is 54.9. The summed E-state index contributed by atoms with van der Waals surface area (Å²) in [6.07, 6.45) is -6.23. The molecule has 0 bridgehead atoms. The van der Waals surface area contributed by atoms with E-state index in [1.54, 1.807) is 135 Å². The van der Waals surface area contributed by atoms with Gasteiger partial charge in [0.05, 0.1) is 37.8 Å². The molecule has 9 rings (SSSR count). The number of methoxy groups -OCH3 is 1. The van der Waals surface area contributed by atoms with Gasteiger partial charge in [0.2, 0.25) is 29.5 Å². The normalized spacial score (nSPS) is 13.5. The van der Waals surface area contributed by atoms with E-state index < -0.39 is 186 Å². The van der Waals surface area contributed by atoms with Crippen LogP contribution in [0.25, 0.3) is 0 Å². The number of carboxylic acids is 1. The quantitative estimate of drug-likeness (QED) is 0.00320. The van der Waals surface area contributed by atoms with Crippen molar-refractivity contribution in [2.24, 2.45) is 5.73 Å². The van der Waals surface area contributed by atoms with Crippen LogP contribution >= 0.6 is 0 Å². The van der Waals surface area contributed by atoms with Gasteiger partial charge in [-0.05, 0) is 155 Å². The summed E-state index contributed by atoms with van der Waals surface area (Å²) in [6.45, 7) is 24.8. The van der Waals surface area contributed by atoms with Crippen LogP contribution in [0.2, 0.25) is 54.4 Å². The van der Waals surface area contributed by atoms with Gasteiger partial charge in [-0.25, -0.2) is 14.4 Å². The number of benzene rings is 9. The van der Waals surface area contributed by atoms with Gasteiger partial charge in [0.1, 0.15) is 81.6 Å². The van der Waals surface area contributed by atoms with Gasteiger partial charge >= 0.3 is 30.0 Å². The smallest absolute Gasteiger partial charge is 0.407 e. The van der Waals surface area contributed by atoms with Crippen molar-refractivity contribution in [2.75, 3.05) is 39.9 Å². The maximum atomic E-state index is 15.6. The third-order valence-corrected chi connectivity index (χ3v) is 39.5. The van der Waals surface area contributed by atoms with Crippen molar-refractivity contribution in [3.63, 3.8) is 0 Å². The molecule has 0 saturated heterocycles. The molecule has 0 spiro atoms. The first-order valence-corrected chi connectivity index (χ1v) is 57.6. The molecule has 146 heavy (non-hydrogen) atoms. The molecule has 782 valence electrons. The molecule has 0 heterocycles. The molecule has 33 nitrogen and oxygen atoms in total. The second-order valence-corrected chi connectivity index (χ2v) is 54.4. The summed E-state index contributed by atoms with van der Waals surface area (Å²) in [6, 6.07) is 67.7. The first-order valence-electron chi connectivity index (χ1n) is 48.9. The summed E-state index contributed by atoms with van der Waals surface area (Å²) >= 11 is 0. The van der Waals surface area contributed by atoms with Crippen LogP contribution in [0.3, 0.4) is 0 Å². The predicted molar refractivity (Wildman–Crippen MR) is 563 cm³/mol. The number of nitrogens with one attached hydrogen (secondary N) is 10. The first-order chi connectivity index (χ1) is 69.3. The summed E-state index contributed by atoms with van der Waals surface area (Å²) < 4.78 is 62.1. The molecule has 9 aromatic carbocycles. The number of hydrogen-bond donors (Lipinski definition) is 12. The van der Waals surface area contributed by atoms with E-state index in [1.807, 2.05) is 228 Å². The van der Waals surface area contributed by atoms with E-state index in [1.165, 1.54) is 0 Å². The maximum Gasteiger partial charge on any atom is 0.407 e. The summed E-state index contributed by atoms with van der Waals surface area (Å²) in [5.74, 6) is -9.95. The fraction of sp³-hybridized carbons (Fsp3) is 0.400. The van der Waals surface area contributed by atoms with Crippen LogP contribution in [0.5, 0.6) is 17.2 Å². The standard InChI is InChI=1S/C110H143N11O22Si3/c1-107(2,3)144(11,12)141-89(85(119-106(133)140-73-79-50-32-21-33-51-79)57-38-39-64-113-98(126)84-56-40-59-88(135-69-75-42-24-17-25-43-75)95(84)136-70-76-44-26-18-27-45-76)66-90(122)118-87(74-139-102(130)93(111)96(142-145(13,14)108(4,5)6)103(131)137-71-77-46-28-19-29-47-77)99(127)115-67-91(123)117-86(58-41-65-114-105(112)121-110(80-52-34-22-35-53-80,81-54-36-23-37-55-81)82-60-62-83(134-10)63-61-82)100(128)120-94(101(129)116-68-92(124)125)97(143-146(15,16)109(7,8)9)104(132)138-72-78-48-30-20-31-49-78/h17-37,40,42-56,59-63,85-87,89,93-94,96-97H,38-39,41,57-58,64-74,111H2,1-16H3,(H,113,126)(H,115,127)(H,116,129)(H,117,123)(H,118,122)(H,119,133)(H,120,128)(H,124,125)(H3,112,114,121)/t85-,86-,87+,89+,93-,94-,96-,97?/m0/s1. The number of carboxylic acid groups (broad SMARTS) is 1. The zero-order valence-electron chi connectivity index (χ0n) is 86.3. The van der Waals surface area contributed by atoms with E-state index in [2.05, 4.69) is 47.9 Å². The largest absolute Gasteiger partial charge is 0.497 e. The molecule has 1 unspecified atom stereocenters. The van der Waals surface area contributed by atoms with Gasteiger partial charge in [0.25, 0.3) is 5.91 Å². The Bertz CT molecular complexity index is 5710. The van der Waals surface area contributed by atoms with Crippen LogP contribution in [-0.4, -0.2) is 190 Å². The lowest BCUT2D eigenvalue weighted by Gasteiger charge is -2.41. The number of unbranched alkanes of at least 4 members (excludes halogenated alkanes) is 1. The lowest BCUT2D eigenvalue weighted by Crippen LogP contribution is -2.63. The molecule has 0 aromatic heterocycles. The monoisotopic (exact) mass is 2050 g/mol. The number of ether oxygens (including phenoxy) is 7. The number of guanidine groups is 1. The number of rotatable bonds is 54. The van der Waals surface area contributed by atoms with Crippen LogP contribution in [0.4, 0.5) is 4.79 Å². The number of esters is 3. The maximum absolute atomic E-state index is 15.6. The molecule has 0 aliphatic heterocycles. The van der Waals surface area contributed by atoms with Crippen LogP contribution in [-0.2, 0) is 114 Å². The molecule has 0 fully saturated rings. The predicted octanol–water partition coefficient (Wildman–Crippen LogP) is 14.6. The zero-order valence-corrected chi connectivity index (χ0v) is 89.3. The highest BCUT2D eigenvalue weighted by Gasteiger charge is 2.50. The Labute approximate surface area is 859 Å². The fourth-order valence-electron chi connectivity index (χ4n) is 14.7. The molecule has 9 aromatic rings. The minimum Gasteiger partial charge on any atom is -0.497 e. The van der Waals surface area contributed by atoms with Gasteiger partial charge < -0.3 is 105 Å². The second-order valence-electron chi connectivity index (χ2n) is 40.1. The van der Waals surface area contributed by atoms with Crippen molar-refractivity contribution >= 4 is 96.3 Å². The average molecular weight is 2060 g/mol. The number of alkyl carbamates (subject to hydrolysis) is 1. The third kappa shape index (κ3) is 35.2. The third-order valence-electron chi connectivity index (χ3n) is 26.1. The summed E-state index contributed by atoms with van der Waals surface area (Å²) in [7, 11) is -7.79. The molecular weight excluding hydrogens is 1910 g/mol. The summed E-state index contributed by atoms with van der Waals surface area (Å²) in [4.78, 5) is 162. The fourth-order valence-corrected chi connectivity index (χ4v) is 18.5. The van der Waals surface area contributed by atoms with Gasteiger partial charge in [0, 0.05) is 13.1 Å². The van der Waals surface area contributed by atoms with E-state index in [9.17, 15) is 44.1 Å². The van der Waals surface area contributed by atoms with Crippen molar-refractivity contribution in [3.8, 4) is 17.2 Å². The van der Waals surface area contributed by atoms with Gasteiger partial charge in [-0.3, -0.25) is 43.8 Å². The molecule has 0 aliphatic rings. The lowest BCUT2D eigenvalue weighted by molar-refractivity contribution is -0.162. The van der Waals surface area contributed by atoms with E-state index in [0.29, 0.717) is 34.6 Å². The van der Waals surface area contributed by atoms with Gasteiger partial charge in [-0.15, -0.1) is 0 Å². The Morgan fingerprint density at radius 1 is 0.404 bits per heavy atom.